The summed E-state index contributed by atoms with van der Waals surface area (Å²) < 4.78 is 13.2. The fraction of sp³-hybridized carbons (Fsp3) is 0.147. The van der Waals surface area contributed by atoms with E-state index in [-0.39, 0.29) is 24.2 Å². The summed E-state index contributed by atoms with van der Waals surface area (Å²) in [6.07, 6.45) is 0.409. The summed E-state index contributed by atoms with van der Waals surface area (Å²) in [6.45, 7) is 2.26. The highest BCUT2D eigenvalue weighted by molar-refractivity contribution is 6.22. The van der Waals surface area contributed by atoms with E-state index < -0.39 is 18.1 Å². The van der Waals surface area contributed by atoms with Crippen molar-refractivity contribution in [1.82, 2.24) is 15.2 Å². The lowest BCUT2D eigenvalue weighted by Crippen LogP contribution is -2.44. The van der Waals surface area contributed by atoms with Gasteiger partial charge >= 0.3 is 6.03 Å². The van der Waals surface area contributed by atoms with Gasteiger partial charge in [-0.2, -0.15) is 0 Å². The van der Waals surface area contributed by atoms with Gasteiger partial charge in [-0.25, -0.2) is 14.1 Å². The van der Waals surface area contributed by atoms with Crippen LogP contribution in [0.3, 0.4) is 0 Å². The maximum Gasteiger partial charge on any atom is 0.332 e. The zero-order chi connectivity index (χ0) is 29.0. The Morgan fingerprint density at radius 3 is 2.40 bits per heavy atom. The standard InChI is InChI=1S/C34H27FN4O3/c1-20-6-2-3-7-25(20)31-30-27(26-8-4-5-9-28(26)37-30)18-29-33(41)38(34(42)39(29)31)24-16-12-22(13-17-24)32(40)36-19-21-10-14-23(35)15-11-21/h2-17,29,31,37H,18-19H2,1H3,(H,36,40). The largest absolute Gasteiger partial charge is 0.356 e. The number of aromatic nitrogens is 1. The third-order valence-electron chi connectivity index (χ3n) is 8.29. The fourth-order valence-electron chi connectivity index (χ4n) is 6.18. The number of nitrogens with zero attached hydrogens (tertiary/aromatic N) is 2. The number of aromatic amines is 1. The summed E-state index contributed by atoms with van der Waals surface area (Å²) in [4.78, 5) is 47.2. The van der Waals surface area contributed by atoms with Gasteiger partial charge in [-0.05, 0) is 71.6 Å². The van der Waals surface area contributed by atoms with E-state index in [0.29, 0.717) is 17.7 Å². The Morgan fingerprint density at radius 1 is 0.929 bits per heavy atom. The van der Waals surface area contributed by atoms with Crippen molar-refractivity contribution in [2.45, 2.75) is 32.0 Å². The van der Waals surface area contributed by atoms with Crippen LogP contribution in [0.15, 0.2) is 97.1 Å². The molecule has 8 heteroatoms. The molecule has 2 aliphatic heterocycles. The number of hydrogen-bond acceptors (Lipinski definition) is 3. The number of urea groups is 1. The van der Waals surface area contributed by atoms with Crippen LogP contribution in [0.5, 0.6) is 0 Å². The van der Waals surface area contributed by atoms with Gasteiger partial charge in [0.2, 0.25) is 0 Å². The van der Waals surface area contributed by atoms with Gasteiger partial charge in [-0.3, -0.25) is 14.5 Å². The first-order chi connectivity index (χ1) is 20.4. The van der Waals surface area contributed by atoms with Gasteiger partial charge in [-0.15, -0.1) is 0 Å². The van der Waals surface area contributed by atoms with Gasteiger partial charge in [0.15, 0.2) is 0 Å². The predicted molar refractivity (Wildman–Crippen MR) is 158 cm³/mol. The number of nitrogens with one attached hydrogen (secondary N) is 2. The molecule has 0 spiro atoms. The number of para-hydroxylation sites is 1. The first-order valence-corrected chi connectivity index (χ1v) is 13.8. The minimum Gasteiger partial charge on any atom is -0.356 e. The molecule has 0 aliphatic carbocycles. The highest BCUT2D eigenvalue weighted by atomic mass is 19.1. The molecule has 2 unspecified atom stereocenters. The first kappa shape index (κ1) is 25.7. The van der Waals surface area contributed by atoms with Crippen molar-refractivity contribution in [3.63, 3.8) is 0 Å². The maximum absolute atomic E-state index is 14.1. The van der Waals surface area contributed by atoms with Crippen molar-refractivity contribution in [3.05, 3.63) is 136 Å². The van der Waals surface area contributed by atoms with Gasteiger partial charge in [-0.1, -0.05) is 54.6 Å². The summed E-state index contributed by atoms with van der Waals surface area (Å²) in [5.41, 5.74) is 6.52. The average Bonchev–Trinajstić information content (AvgIpc) is 3.50. The summed E-state index contributed by atoms with van der Waals surface area (Å²) >= 11 is 0. The molecule has 2 atom stereocenters. The van der Waals surface area contributed by atoms with E-state index in [2.05, 4.69) is 10.3 Å². The van der Waals surface area contributed by atoms with Crippen molar-refractivity contribution < 1.29 is 18.8 Å². The lowest BCUT2D eigenvalue weighted by Gasteiger charge is -2.36. The van der Waals surface area contributed by atoms with E-state index in [9.17, 15) is 18.8 Å². The van der Waals surface area contributed by atoms with E-state index in [1.807, 2.05) is 55.5 Å². The molecular formula is C34H27FN4O3. The molecule has 1 saturated heterocycles. The quantitative estimate of drug-likeness (QED) is 0.259. The minimum absolute atomic E-state index is 0.246. The van der Waals surface area contributed by atoms with Gasteiger partial charge < -0.3 is 10.3 Å². The SMILES string of the molecule is Cc1ccccc1C1c2[nH]c3ccccc3c2CC2C(=O)N(c3ccc(C(=O)NCc4ccc(F)cc4)cc3)C(=O)N21. The number of halogens is 1. The number of imide groups is 1. The Hall–Kier alpha value is -5.24. The number of fused-ring (bicyclic) bond motifs is 4. The van der Waals surface area contributed by atoms with Crippen LogP contribution in [0.25, 0.3) is 10.9 Å². The monoisotopic (exact) mass is 558 g/mol. The lowest BCUT2D eigenvalue weighted by molar-refractivity contribution is -0.120. The zero-order valence-electron chi connectivity index (χ0n) is 22.8. The second-order valence-electron chi connectivity index (χ2n) is 10.8. The Balaban J connectivity index is 1.19. The molecule has 2 aliphatic rings. The highest BCUT2D eigenvalue weighted by Gasteiger charge is 2.53. The molecule has 0 radical (unpaired) electrons. The second-order valence-corrected chi connectivity index (χ2v) is 10.8. The molecule has 5 aromatic rings. The van der Waals surface area contributed by atoms with Crippen molar-refractivity contribution in [2.24, 2.45) is 0 Å². The van der Waals surface area contributed by atoms with Gasteiger partial charge in [0.1, 0.15) is 17.9 Å². The van der Waals surface area contributed by atoms with Crippen molar-refractivity contribution in [2.75, 3.05) is 4.90 Å². The molecule has 0 saturated carbocycles. The maximum atomic E-state index is 14.1. The normalized spacial score (nSPS) is 17.9. The minimum atomic E-state index is -0.660. The van der Waals surface area contributed by atoms with Crippen LogP contribution in [0.2, 0.25) is 0 Å². The molecule has 208 valence electrons. The highest BCUT2D eigenvalue weighted by Crippen LogP contribution is 2.45. The van der Waals surface area contributed by atoms with E-state index in [0.717, 1.165) is 38.9 Å². The van der Waals surface area contributed by atoms with E-state index >= 15 is 0 Å². The summed E-state index contributed by atoms with van der Waals surface area (Å²) in [7, 11) is 0. The van der Waals surface area contributed by atoms with Crippen molar-refractivity contribution in [3.8, 4) is 0 Å². The summed E-state index contributed by atoms with van der Waals surface area (Å²) in [5.74, 6) is -0.940. The molecular weight excluding hydrogens is 531 g/mol. The number of aryl methyl sites for hydroxylation is 1. The lowest BCUT2D eigenvalue weighted by atomic mass is 9.87. The predicted octanol–water partition coefficient (Wildman–Crippen LogP) is 6.03. The second kappa shape index (κ2) is 9.99. The molecule has 7 rings (SSSR count). The Labute approximate surface area is 241 Å². The van der Waals surface area contributed by atoms with Gasteiger partial charge in [0.05, 0.1) is 5.69 Å². The third-order valence-corrected chi connectivity index (χ3v) is 8.29. The smallest absolute Gasteiger partial charge is 0.332 e. The zero-order valence-corrected chi connectivity index (χ0v) is 22.8. The number of hydrogen-bond donors (Lipinski definition) is 2. The molecule has 4 amide bonds. The summed E-state index contributed by atoms with van der Waals surface area (Å²) in [6, 6.07) is 26.8. The molecule has 3 heterocycles. The number of amides is 4. The van der Waals surface area contributed by atoms with Crippen molar-refractivity contribution in [1.29, 1.82) is 0 Å². The number of benzene rings is 4. The number of H-pyrrole nitrogens is 1. The van der Waals surface area contributed by atoms with Crippen LogP contribution < -0.4 is 10.2 Å². The molecule has 42 heavy (non-hydrogen) atoms. The van der Waals surface area contributed by atoms with Crippen LogP contribution in [-0.4, -0.2) is 33.8 Å². The number of rotatable bonds is 5. The molecule has 2 N–H and O–H groups in total. The van der Waals surface area contributed by atoms with Crippen LogP contribution in [0.1, 0.15) is 44.3 Å². The topological polar surface area (TPSA) is 85.5 Å². The number of carbonyl (C=O) groups is 3. The van der Waals surface area contributed by atoms with Crippen LogP contribution in [0, 0.1) is 12.7 Å². The fourth-order valence-corrected chi connectivity index (χ4v) is 6.18. The average molecular weight is 559 g/mol. The van der Waals surface area contributed by atoms with Crippen LogP contribution in [0.4, 0.5) is 14.9 Å². The molecule has 1 aromatic heterocycles. The van der Waals surface area contributed by atoms with E-state index in [4.69, 9.17) is 0 Å². The number of anilines is 1. The van der Waals surface area contributed by atoms with Crippen LogP contribution in [-0.2, 0) is 17.8 Å². The van der Waals surface area contributed by atoms with E-state index in [1.54, 1.807) is 41.3 Å². The Bertz CT molecular complexity index is 1860. The Kier molecular flexibility index (Phi) is 6.12. The molecule has 7 nitrogen and oxygen atoms in total. The molecule has 1 fully saturated rings. The van der Waals surface area contributed by atoms with Gasteiger partial charge in [0, 0.05) is 35.1 Å². The first-order valence-electron chi connectivity index (χ1n) is 13.8. The molecule has 4 aromatic carbocycles. The van der Waals surface area contributed by atoms with Crippen molar-refractivity contribution >= 4 is 34.4 Å². The van der Waals surface area contributed by atoms with Gasteiger partial charge in [0.25, 0.3) is 11.8 Å². The summed E-state index contributed by atoms with van der Waals surface area (Å²) in [5, 5.41) is 3.87. The van der Waals surface area contributed by atoms with E-state index in [1.165, 1.54) is 17.0 Å². The van der Waals surface area contributed by atoms with Crippen LogP contribution >= 0.6 is 0 Å². The molecule has 0 bridgehead atoms. The Morgan fingerprint density at radius 2 is 1.64 bits per heavy atom. The third kappa shape index (κ3) is 4.15. The number of carbonyl (C=O) groups excluding carboxylic acids is 3.